The number of aryl methyl sites for hydroxylation is 3. The lowest BCUT2D eigenvalue weighted by molar-refractivity contribution is -0.136. The van der Waals surface area contributed by atoms with Gasteiger partial charge in [-0.3, -0.25) is 9.59 Å². The number of hydrogen-bond donors (Lipinski definition) is 2. The van der Waals surface area contributed by atoms with Crippen molar-refractivity contribution >= 4 is 39.9 Å². The van der Waals surface area contributed by atoms with Crippen molar-refractivity contribution in [3.05, 3.63) is 104 Å². The molecule has 0 saturated heterocycles. The van der Waals surface area contributed by atoms with Crippen LogP contribution in [0.3, 0.4) is 0 Å². The second-order valence-electron chi connectivity index (χ2n) is 10.2. The quantitative estimate of drug-likeness (QED) is 0.218. The normalized spacial score (nSPS) is 14.4. The number of hydrogen-bond acceptors (Lipinski definition) is 5. The number of carbonyl (C=O) groups excluding carboxylic acids is 1. The van der Waals surface area contributed by atoms with E-state index in [1.54, 1.807) is 23.5 Å². The third kappa shape index (κ3) is 6.21. The molecule has 40 heavy (non-hydrogen) atoms. The molecule has 1 unspecified atom stereocenters. The van der Waals surface area contributed by atoms with Crippen molar-refractivity contribution in [3.63, 3.8) is 0 Å². The summed E-state index contributed by atoms with van der Waals surface area (Å²) in [5, 5.41) is 13.2. The molecule has 1 aliphatic carbocycles. The van der Waals surface area contributed by atoms with Crippen molar-refractivity contribution in [1.82, 2.24) is 10.3 Å². The Bertz CT molecular complexity index is 1530. The van der Waals surface area contributed by atoms with E-state index in [0.717, 1.165) is 56.7 Å². The average molecular weight is 574 g/mol. The zero-order chi connectivity index (χ0) is 28.2. The van der Waals surface area contributed by atoms with Crippen LogP contribution in [0.15, 0.2) is 66.7 Å². The van der Waals surface area contributed by atoms with Crippen LogP contribution < -0.4 is 10.2 Å². The largest absolute Gasteiger partial charge is 0.481 e. The Morgan fingerprint density at radius 3 is 2.62 bits per heavy atom. The zero-order valence-corrected chi connectivity index (χ0v) is 24.2. The van der Waals surface area contributed by atoms with Crippen LogP contribution in [0.4, 0.5) is 5.13 Å². The highest BCUT2D eigenvalue weighted by Gasteiger charge is 2.29. The number of aliphatic carboxylic acids is 1. The third-order valence-electron chi connectivity index (χ3n) is 7.38. The summed E-state index contributed by atoms with van der Waals surface area (Å²) in [6, 6.07) is 22.5. The average Bonchev–Trinajstić information content (AvgIpc) is 3.34. The maximum absolute atomic E-state index is 12.5. The summed E-state index contributed by atoms with van der Waals surface area (Å²) in [5.74, 6) is -1.21. The standard InChI is InChI=1S/C32H32ClN3O3S/c1-20-10-13-25(18-27(20)33)30-21(2)40-32(35-30)36(28-9-5-7-23-6-3-4-8-26(23)28)19-22-11-14-24(15-12-22)31(39)34-17-16-29(37)38/h3-4,6,8,10-15,18,28H,5,7,9,16-17,19H2,1-2H3,(H,34,39)(H,37,38). The van der Waals surface area contributed by atoms with Crippen LogP contribution in [0.2, 0.25) is 5.02 Å². The Kier molecular flexibility index (Phi) is 8.52. The second-order valence-corrected chi connectivity index (χ2v) is 11.8. The molecule has 0 fully saturated rings. The van der Waals surface area contributed by atoms with E-state index in [4.69, 9.17) is 21.7 Å². The highest BCUT2D eigenvalue weighted by molar-refractivity contribution is 7.16. The van der Waals surface area contributed by atoms with Crippen LogP contribution in [-0.4, -0.2) is 28.5 Å². The van der Waals surface area contributed by atoms with Crippen LogP contribution in [0.25, 0.3) is 11.3 Å². The number of nitrogens with one attached hydrogen (secondary N) is 1. The molecule has 0 radical (unpaired) electrons. The molecule has 1 atom stereocenters. The van der Waals surface area contributed by atoms with Crippen molar-refractivity contribution in [2.75, 3.05) is 11.4 Å². The molecule has 4 aromatic rings. The smallest absolute Gasteiger partial charge is 0.305 e. The predicted molar refractivity (Wildman–Crippen MR) is 161 cm³/mol. The number of rotatable bonds is 9. The van der Waals surface area contributed by atoms with Crippen LogP contribution in [0.1, 0.15) is 62.8 Å². The minimum absolute atomic E-state index is 0.0999. The van der Waals surface area contributed by atoms with Gasteiger partial charge in [0.2, 0.25) is 0 Å². The minimum Gasteiger partial charge on any atom is -0.481 e. The van der Waals surface area contributed by atoms with E-state index < -0.39 is 5.97 Å². The molecule has 0 saturated carbocycles. The number of carboxylic acid groups (broad SMARTS) is 1. The molecular formula is C32H32ClN3O3S. The highest BCUT2D eigenvalue weighted by atomic mass is 35.5. The zero-order valence-electron chi connectivity index (χ0n) is 22.6. The summed E-state index contributed by atoms with van der Waals surface area (Å²) < 4.78 is 0. The maximum atomic E-state index is 12.5. The molecule has 1 amide bonds. The number of anilines is 1. The van der Waals surface area contributed by atoms with Gasteiger partial charge < -0.3 is 15.3 Å². The number of carbonyl (C=O) groups is 2. The summed E-state index contributed by atoms with van der Waals surface area (Å²) >= 11 is 8.15. The number of aromatic nitrogens is 1. The fraction of sp³-hybridized carbons (Fsp3) is 0.281. The molecule has 1 aromatic heterocycles. The fourth-order valence-electron chi connectivity index (χ4n) is 5.22. The Hall–Kier alpha value is -3.68. The molecule has 0 spiro atoms. The first-order valence-electron chi connectivity index (χ1n) is 13.5. The molecule has 1 aliphatic rings. The van der Waals surface area contributed by atoms with Crippen LogP contribution >= 0.6 is 22.9 Å². The van der Waals surface area contributed by atoms with Gasteiger partial charge in [-0.25, -0.2) is 4.98 Å². The fourth-order valence-corrected chi connectivity index (χ4v) is 6.38. The predicted octanol–water partition coefficient (Wildman–Crippen LogP) is 7.37. The van der Waals surface area contributed by atoms with Crippen molar-refractivity contribution in [3.8, 4) is 11.3 Å². The SMILES string of the molecule is Cc1ccc(-c2nc(N(Cc3ccc(C(=O)NCCC(=O)O)cc3)C3CCCc4ccccc43)sc2C)cc1Cl. The molecular weight excluding hydrogens is 542 g/mol. The molecule has 206 valence electrons. The van der Waals surface area contributed by atoms with Crippen molar-refractivity contribution in [1.29, 1.82) is 0 Å². The van der Waals surface area contributed by atoms with Crippen LogP contribution in [-0.2, 0) is 17.8 Å². The molecule has 0 bridgehead atoms. The Labute approximate surface area is 243 Å². The first-order chi connectivity index (χ1) is 19.3. The maximum Gasteiger partial charge on any atom is 0.305 e. The second kappa shape index (κ2) is 12.2. The summed E-state index contributed by atoms with van der Waals surface area (Å²) in [6.07, 6.45) is 3.12. The van der Waals surface area contributed by atoms with E-state index in [-0.39, 0.29) is 24.9 Å². The first-order valence-corrected chi connectivity index (χ1v) is 14.7. The van der Waals surface area contributed by atoms with Gasteiger partial charge in [-0.05, 0) is 73.6 Å². The van der Waals surface area contributed by atoms with E-state index in [2.05, 4.69) is 47.5 Å². The van der Waals surface area contributed by atoms with Gasteiger partial charge in [0.25, 0.3) is 5.91 Å². The number of benzene rings is 3. The van der Waals surface area contributed by atoms with Crippen molar-refractivity contribution in [2.45, 2.75) is 52.1 Å². The van der Waals surface area contributed by atoms with Crippen LogP contribution in [0, 0.1) is 13.8 Å². The number of carboxylic acids is 1. The number of fused-ring (bicyclic) bond motifs is 1. The topological polar surface area (TPSA) is 82.5 Å². The molecule has 8 heteroatoms. The van der Waals surface area contributed by atoms with Crippen LogP contribution in [0.5, 0.6) is 0 Å². The van der Waals surface area contributed by atoms with Gasteiger partial charge in [0.15, 0.2) is 5.13 Å². The molecule has 3 aromatic carbocycles. The molecule has 0 aliphatic heterocycles. The lowest BCUT2D eigenvalue weighted by atomic mass is 9.87. The summed E-state index contributed by atoms with van der Waals surface area (Å²) in [5.41, 5.74) is 7.30. The lowest BCUT2D eigenvalue weighted by Crippen LogP contribution is -2.31. The molecule has 5 rings (SSSR count). The first kappa shape index (κ1) is 27.9. The Balaban J connectivity index is 1.46. The number of halogens is 1. The summed E-state index contributed by atoms with van der Waals surface area (Å²) in [6.45, 7) is 4.84. The number of thiazole rings is 1. The molecule has 1 heterocycles. The Morgan fingerprint density at radius 2 is 1.88 bits per heavy atom. The third-order valence-corrected chi connectivity index (χ3v) is 8.80. The summed E-state index contributed by atoms with van der Waals surface area (Å²) in [4.78, 5) is 31.9. The van der Waals surface area contributed by atoms with E-state index in [9.17, 15) is 9.59 Å². The van der Waals surface area contributed by atoms with Gasteiger partial charge in [0.1, 0.15) is 0 Å². The van der Waals surface area contributed by atoms with Gasteiger partial charge in [-0.15, -0.1) is 11.3 Å². The monoisotopic (exact) mass is 573 g/mol. The van der Waals surface area contributed by atoms with E-state index in [1.165, 1.54) is 11.1 Å². The van der Waals surface area contributed by atoms with Gasteiger partial charge in [-0.1, -0.05) is 60.1 Å². The number of nitrogens with zero attached hydrogens (tertiary/aromatic N) is 2. The number of amides is 1. The van der Waals surface area contributed by atoms with Gasteiger partial charge in [-0.2, -0.15) is 0 Å². The van der Waals surface area contributed by atoms with Crippen molar-refractivity contribution in [2.24, 2.45) is 0 Å². The van der Waals surface area contributed by atoms with Crippen molar-refractivity contribution < 1.29 is 14.7 Å². The van der Waals surface area contributed by atoms with E-state index in [0.29, 0.717) is 12.1 Å². The minimum atomic E-state index is -0.939. The van der Waals surface area contributed by atoms with Gasteiger partial charge >= 0.3 is 5.97 Å². The highest BCUT2D eigenvalue weighted by Crippen LogP contribution is 2.42. The van der Waals surface area contributed by atoms with Gasteiger partial charge in [0.05, 0.1) is 18.2 Å². The summed E-state index contributed by atoms with van der Waals surface area (Å²) in [7, 11) is 0. The Morgan fingerprint density at radius 1 is 1.10 bits per heavy atom. The lowest BCUT2D eigenvalue weighted by Gasteiger charge is -2.36. The molecule has 2 N–H and O–H groups in total. The van der Waals surface area contributed by atoms with E-state index in [1.807, 2.05) is 31.2 Å². The molecule has 6 nitrogen and oxygen atoms in total. The van der Waals surface area contributed by atoms with E-state index >= 15 is 0 Å². The van der Waals surface area contributed by atoms with Gasteiger partial charge in [0, 0.05) is 34.1 Å².